The highest BCUT2D eigenvalue weighted by Gasteiger charge is 2.32. The average molecular weight is 205 g/mol. The van der Waals surface area contributed by atoms with Crippen LogP contribution >= 0.6 is 11.6 Å². The first-order chi connectivity index (χ1) is 6.06. The number of carbonyl (C=O) groups is 1. The monoisotopic (exact) mass is 204 g/mol. The Kier molecular flexibility index (Phi) is 3.20. The molecule has 1 rings (SSSR count). The molecule has 0 aromatic heterocycles. The SMILES string of the molecule is COC1=C(C)C(CC(C)Cl)OC1=O. The molecule has 2 unspecified atom stereocenters. The molecule has 1 heterocycles. The molecule has 13 heavy (non-hydrogen) atoms. The van der Waals surface area contributed by atoms with E-state index in [4.69, 9.17) is 21.1 Å². The molecule has 4 heteroatoms. The Bertz CT molecular complexity index is 245. The summed E-state index contributed by atoms with van der Waals surface area (Å²) in [7, 11) is 1.46. The Morgan fingerprint density at radius 3 is 2.69 bits per heavy atom. The van der Waals surface area contributed by atoms with Crippen LogP contribution in [0.25, 0.3) is 0 Å². The van der Waals surface area contributed by atoms with Crippen LogP contribution in [-0.2, 0) is 14.3 Å². The summed E-state index contributed by atoms with van der Waals surface area (Å²) in [6.07, 6.45) is 0.418. The molecule has 0 saturated heterocycles. The third-order valence-electron chi connectivity index (χ3n) is 2.02. The van der Waals surface area contributed by atoms with E-state index in [0.717, 1.165) is 5.57 Å². The number of carbonyl (C=O) groups excluding carboxylic acids is 1. The second-order valence-electron chi connectivity index (χ2n) is 3.13. The highest BCUT2D eigenvalue weighted by Crippen LogP contribution is 2.26. The lowest BCUT2D eigenvalue weighted by Crippen LogP contribution is -2.14. The molecule has 0 radical (unpaired) electrons. The number of hydrogen-bond donors (Lipinski definition) is 0. The number of halogens is 1. The zero-order chi connectivity index (χ0) is 10.0. The maximum atomic E-state index is 11.2. The van der Waals surface area contributed by atoms with E-state index in [9.17, 15) is 4.79 Å². The number of ether oxygens (including phenoxy) is 2. The number of rotatable bonds is 3. The molecule has 0 bridgehead atoms. The summed E-state index contributed by atoms with van der Waals surface area (Å²) in [5.41, 5.74) is 0.833. The zero-order valence-electron chi connectivity index (χ0n) is 7.96. The predicted molar refractivity (Wildman–Crippen MR) is 49.5 cm³/mol. The molecule has 1 aliphatic rings. The van der Waals surface area contributed by atoms with Crippen molar-refractivity contribution in [2.24, 2.45) is 0 Å². The van der Waals surface area contributed by atoms with Gasteiger partial charge in [-0.1, -0.05) is 0 Å². The number of esters is 1. The van der Waals surface area contributed by atoms with Gasteiger partial charge in [-0.15, -0.1) is 11.6 Å². The molecule has 3 nitrogen and oxygen atoms in total. The van der Waals surface area contributed by atoms with E-state index in [1.807, 2.05) is 13.8 Å². The Balaban J connectivity index is 2.73. The molecule has 0 fully saturated rings. The third-order valence-corrected chi connectivity index (χ3v) is 2.20. The first-order valence-corrected chi connectivity index (χ1v) is 4.59. The van der Waals surface area contributed by atoms with Gasteiger partial charge in [0.2, 0.25) is 5.76 Å². The van der Waals surface area contributed by atoms with E-state index in [1.165, 1.54) is 7.11 Å². The van der Waals surface area contributed by atoms with Gasteiger partial charge in [-0.05, 0) is 13.8 Å². The van der Waals surface area contributed by atoms with Crippen molar-refractivity contribution in [3.05, 3.63) is 11.3 Å². The summed E-state index contributed by atoms with van der Waals surface area (Å²) in [5, 5.41) is -0.0102. The molecule has 1 aliphatic heterocycles. The average Bonchev–Trinajstić information content (AvgIpc) is 2.26. The summed E-state index contributed by atoms with van der Waals surface area (Å²) in [6, 6.07) is 0. The van der Waals surface area contributed by atoms with Gasteiger partial charge in [0.05, 0.1) is 7.11 Å². The molecule has 74 valence electrons. The minimum atomic E-state index is -0.387. The van der Waals surface area contributed by atoms with E-state index in [-0.39, 0.29) is 17.5 Å². The quantitative estimate of drug-likeness (QED) is 0.520. The van der Waals surface area contributed by atoms with Gasteiger partial charge in [0.15, 0.2) is 0 Å². The van der Waals surface area contributed by atoms with Crippen molar-refractivity contribution in [3.63, 3.8) is 0 Å². The van der Waals surface area contributed by atoms with Crippen LogP contribution in [0.3, 0.4) is 0 Å². The van der Waals surface area contributed by atoms with Crippen LogP contribution in [0.4, 0.5) is 0 Å². The fraction of sp³-hybridized carbons (Fsp3) is 0.667. The molecular formula is C9H13ClO3. The van der Waals surface area contributed by atoms with Gasteiger partial charge in [0.25, 0.3) is 0 Å². The molecule has 0 amide bonds. The number of alkyl halides is 1. The van der Waals surface area contributed by atoms with E-state index >= 15 is 0 Å². The Morgan fingerprint density at radius 2 is 2.31 bits per heavy atom. The molecule has 0 aromatic carbocycles. The zero-order valence-corrected chi connectivity index (χ0v) is 8.72. The Labute approximate surface area is 82.7 Å². The summed E-state index contributed by atoms with van der Waals surface area (Å²) in [5.74, 6) is -0.0652. The summed E-state index contributed by atoms with van der Waals surface area (Å²) >= 11 is 5.81. The lowest BCUT2D eigenvalue weighted by Gasteiger charge is -2.11. The Hall–Kier alpha value is -0.700. The van der Waals surface area contributed by atoms with Gasteiger partial charge in [0.1, 0.15) is 6.10 Å². The van der Waals surface area contributed by atoms with E-state index < -0.39 is 0 Å². The van der Waals surface area contributed by atoms with Crippen molar-refractivity contribution < 1.29 is 14.3 Å². The van der Waals surface area contributed by atoms with Crippen LogP contribution in [0, 0.1) is 0 Å². The lowest BCUT2D eigenvalue weighted by atomic mass is 10.1. The van der Waals surface area contributed by atoms with Gasteiger partial charge in [-0.25, -0.2) is 4.79 Å². The fourth-order valence-electron chi connectivity index (χ4n) is 1.34. The fourth-order valence-corrected chi connectivity index (χ4v) is 1.50. The van der Waals surface area contributed by atoms with Crippen molar-refractivity contribution >= 4 is 17.6 Å². The summed E-state index contributed by atoms with van der Waals surface area (Å²) < 4.78 is 9.97. The van der Waals surface area contributed by atoms with Crippen molar-refractivity contribution in [3.8, 4) is 0 Å². The van der Waals surface area contributed by atoms with Crippen molar-refractivity contribution in [1.82, 2.24) is 0 Å². The van der Waals surface area contributed by atoms with Crippen LogP contribution in [-0.4, -0.2) is 24.6 Å². The van der Waals surface area contributed by atoms with Crippen LogP contribution in [0.5, 0.6) is 0 Å². The number of methoxy groups -OCH3 is 1. The first-order valence-electron chi connectivity index (χ1n) is 4.16. The van der Waals surface area contributed by atoms with Gasteiger partial charge < -0.3 is 9.47 Å². The van der Waals surface area contributed by atoms with Crippen LogP contribution < -0.4 is 0 Å². The van der Waals surface area contributed by atoms with Crippen molar-refractivity contribution in [2.45, 2.75) is 31.7 Å². The normalized spacial score (nSPS) is 24.6. The molecule has 0 N–H and O–H groups in total. The number of hydrogen-bond acceptors (Lipinski definition) is 3. The maximum Gasteiger partial charge on any atom is 0.374 e. The topological polar surface area (TPSA) is 35.5 Å². The van der Waals surface area contributed by atoms with Crippen molar-refractivity contribution in [1.29, 1.82) is 0 Å². The molecule has 0 spiro atoms. The first kappa shape index (κ1) is 10.4. The molecular weight excluding hydrogens is 192 g/mol. The molecule has 2 atom stereocenters. The predicted octanol–water partition coefficient (Wildman–Crippen LogP) is 1.85. The van der Waals surface area contributed by atoms with E-state index in [0.29, 0.717) is 12.2 Å². The lowest BCUT2D eigenvalue weighted by molar-refractivity contribution is -0.142. The minimum absolute atomic E-state index is 0.0102. The minimum Gasteiger partial charge on any atom is -0.490 e. The van der Waals surface area contributed by atoms with Crippen LogP contribution in [0.15, 0.2) is 11.3 Å². The Morgan fingerprint density at radius 1 is 1.69 bits per heavy atom. The molecule has 0 aliphatic carbocycles. The van der Waals surface area contributed by atoms with Gasteiger partial charge >= 0.3 is 5.97 Å². The van der Waals surface area contributed by atoms with Crippen LogP contribution in [0.2, 0.25) is 0 Å². The second-order valence-corrected chi connectivity index (χ2v) is 3.87. The number of cyclic esters (lactones) is 1. The highest BCUT2D eigenvalue weighted by atomic mass is 35.5. The maximum absolute atomic E-state index is 11.2. The summed E-state index contributed by atoms with van der Waals surface area (Å²) in [6.45, 7) is 3.70. The smallest absolute Gasteiger partial charge is 0.374 e. The van der Waals surface area contributed by atoms with Crippen molar-refractivity contribution in [2.75, 3.05) is 7.11 Å². The largest absolute Gasteiger partial charge is 0.490 e. The highest BCUT2D eigenvalue weighted by molar-refractivity contribution is 6.20. The third kappa shape index (κ3) is 2.15. The van der Waals surface area contributed by atoms with Gasteiger partial charge in [-0.2, -0.15) is 0 Å². The molecule has 0 saturated carbocycles. The van der Waals surface area contributed by atoms with Gasteiger partial charge in [0, 0.05) is 17.4 Å². The summed E-state index contributed by atoms with van der Waals surface area (Å²) in [4.78, 5) is 11.2. The van der Waals surface area contributed by atoms with E-state index in [2.05, 4.69) is 0 Å². The molecule has 0 aromatic rings. The standard InChI is InChI=1S/C9H13ClO3/c1-5(10)4-7-6(2)8(12-3)9(11)13-7/h5,7H,4H2,1-3H3. The second kappa shape index (κ2) is 4.01. The van der Waals surface area contributed by atoms with Crippen LogP contribution in [0.1, 0.15) is 20.3 Å². The van der Waals surface area contributed by atoms with E-state index in [1.54, 1.807) is 0 Å². The van der Waals surface area contributed by atoms with Gasteiger partial charge in [-0.3, -0.25) is 0 Å².